The fourth-order valence-corrected chi connectivity index (χ4v) is 1.44. The summed E-state index contributed by atoms with van der Waals surface area (Å²) in [6.45, 7) is 3.56. The van der Waals surface area contributed by atoms with Crippen molar-refractivity contribution in [3.63, 3.8) is 0 Å². The van der Waals surface area contributed by atoms with Crippen LogP contribution in [-0.4, -0.2) is 35.1 Å². The lowest BCUT2D eigenvalue weighted by Gasteiger charge is -2.34. The van der Waals surface area contributed by atoms with Gasteiger partial charge in [0.25, 0.3) is 5.91 Å². The Kier molecular flexibility index (Phi) is 3.99. The van der Waals surface area contributed by atoms with Gasteiger partial charge in [-0.2, -0.15) is 0 Å². The Balaban J connectivity index is 2.95. The summed E-state index contributed by atoms with van der Waals surface area (Å²) in [6, 6.07) is 7.06. The highest BCUT2D eigenvalue weighted by Crippen LogP contribution is 2.17. The van der Waals surface area contributed by atoms with Crippen molar-refractivity contribution in [1.29, 1.82) is 0 Å². The van der Waals surface area contributed by atoms with Crippen LogP contribution in [0, 0.1) is 0 Å². The molecule has 0 unspecified atom stereocenters. The van der Waals surface area contributed by atoms with Crippen molar-refractivity contribution < 1.29 is 9.90 Å². The van der Waals surface area contributed by atoms with Crippen LogP contribution in [0.5, 0.6) is 0 Å². The molecular formula is C12H17NO2S. The molecule has 3 nitrogen and oxygen atoms in total. The average molecular weight is 239 g/mol. The summed E-state index contributed by atoms with van der Waals surface area (Å²) in [4.78, 5) is 14.4. The van der Waals surface area contributed by atoms with E-state index in [1.807, 2.05) is 19.9 Å². The van der Waals surface area contributed by atoms with Crippen molar-refractivity contribution in [2.45, 2.75) is 24.3 Å². The van der Waals surface area contributed by atoms with Gasteiger partial charge in [-0.1, -0.05) is 6.07 Å². The molecule has 1 N–H and O–H groups in total. The van der Waals surface area contributed by atoms with Crippen LogP contribution >= 0.6 is 12.6 Å². The van der Waals surface area contributed by atoms with Gasteiger partial charge in [0.05, 0.1) is 12.1 Å². The third-order valence-electron chi connectivity index (χ3n) is 2.69. The first-order valence-electron chi connectivity index (χ1n) is 5.06. The summed E-state index contributed by atoms with van der Waals surface area (Å²) < 4.78 is 0. The molecular weight excluding hydrogens is 222 g/mol. The molecule has 0 atom stereocenters. The predicted octanol–water partition coefficient (Wildman–Crippen LogP) is 1.82. The first-order valence-corrected chi connectivity index (χ1v) is 5.51. The molecule has 1 rings (SSSR count). The van der Waals surface area contributed by atoms with Crippen LogP contribution in [0.25, 0.3) is 0 Å². The lowest BCUT2D eigenvalue weighted by molar-refractivity contribution is 0.0473. The van der Waals surface area contributed by atoms with Crippen LogP contribution in [0.2, 0.25) is 0 Å². The highest BCUT2D eigenvalue weighted by atomic mass is 32.1. The third kappa shape index (κ3) is 2.77. The molecule has 0 heterocycles. The minimum Gasteiger partial charge on any atom is -0.394 e. The Labute approximate surface area is 101 Å². The summed E-state index contributed by atoms with van der Waals surface area (Å²) in [6.07, 6.45) is 0. The van der Waals surface area contributed by atoms with E-state index in [-0.39, 0.29) is 12.5 Å². The van der Waals surface area contributed by atoms with Crippen LogP contribution < -0.4 is 0 Å². The highest BCUT2D eigenvalue weighted by molar-refractivity contribution is 7.80. The number of carbonyl (C=O) groups is 1. The second kappa shape index (κ2) is 4.89. The first-order chi connectivity index (χ1) is 7.38. The fourth-order valence-electron chi connectivity index (χ4n) is 1.21. The molecule has 0 bridgehead atoms. The fraction of sp³-hybridized carbons (Fsp3) is 0.417. The van der Waals surface area contributed by atoms with Gasteiger partial charge in [-0.15, -0.1) is 12.6 Å². The predicted molar refractivity (Wildman–Crippen MR) is 67.0 cm³/mol. The van der Waals surface area contributed by atoms with Gasteiger partial charge < -0.3 is 10.0 Å². The van der Waals surface area contributed by atoms with E-state index < -0.39 is 5.54 Å². The second-order valence-electron chi connectivity index (χ2n) is 4.39. The molecule has 0 aliphatic rings. The molecule has 0 aromatic heterocycles. The van der Waals surface area contributed by atoms with E-state index >= 15 is 0 Å². The molecule has 88 valence electrons. The SMILES string of the molecule is CN(C(=O)c1cccc(S)c1)C(C)(C)CO. The van der Waals surface area contributed by atoms with E-state index in [1.54, 1.807) is 25.2 Å². The Morgan fingerprint density at radius 3 is 2.62 bits per heavy atom. The Morgan fingerprint density at radius 2 is 2.12 bits per heavy atom. The lowest BCUT2D eigenvalue weighted by atomic mass is 10.0. The summed E-state index contributed by atoms with van der Waals surface area (Å²) in [7, 11) is 1.68. The Morgan fingerprint density at radius 1 is 1.50 bits per heavy atom. The van der Waals surface area contributed by atoms with Crippen molar-refractivity contribution >= 4 is 18.5 Å². The van der Waals surface area contributed by atoms with Crippen molar-refractivity contribution in [2.75, 3.05) is 13.7 Å². The van der Waals surface area contributed by atoms with Gasteiger partial charge in [0.15, 0.2) is 0 Å². The van der Waals surface area contributed by atoms with E-state index in [4.69, 9.17) is 0 Å². The van der Waals surface area contributed by atoms with Gasteiger partial charge in [0.1, 0.15) is 0 Å². The molecule has 0 saturated carbocycles. The number of rotatable bonds is 3. The third-order valence-corrected chi connectivity index (χ3v) is 2.97. The number of nitrogens with zero attached hydrogens (tertiary/aromatic N) is 1. The van der Waals surface area contributed by atoms with Gasteiger partial charge in [-0.3, -0.25) is 4.79 Å². The van der Waals surface area contributed by atoms with Crippen molar-refractivity contribution in [3.05, 3.63) is 29.8 Å². The monoisotopic (exact) mass is 239 g/mol. The smallest absolute Gasteiger partial charge is 0.254 e. The quantitative estimate of drug-likeness (QED) is 0.790. The largest absolute Gasteiger partial charge is 0.394 e. The number of carbonyl (C=O) groups excluding carboxylic acids is 1. The minimum absolute atomic E-state index is 0.0736. The van der Waals surface area contributed by atoms with Gasteiger partial charge >= 0.3 is 0 Å². The Bertz CT molecular complexity index is 390. The molecule has 4 heteroatoms. The van der Waals surface area contributed by atoms with Crippen molar-refractivity contribution in [3.8, 4) is 0 Å². The molecule has 16 heavy (non-hydrogen) atoms. The van der Waals surface area contributed by atoms with Crippen molar-refractivity contribution in [1.82, 2.24) is 4.90 Å². The normalized spacial score (nSPS) is 11.3. The van der Waals surface area contributed by atoms with Crippen LogP contribution in [0.3, 0.4) is 0 Å². The van der Waals surface area contributed by atoms with Crippen LogP contribution in [0.1, 0.15) is 24.2 Å². The van der Waals surface area contributed by atoms with E-state index in [2.05, 4.69) is 12.6 Å². The van der Waals surface area contributed by atoms with Gasteiger partial charge in [0.2, 0.25) is 0 Å². The lowest BCUT2D eigenvalue weighted by Crippen LogP contribution is -2.47. The number of aliphatic hydroxyl groups excluding tert-OH is 1. The van der Waals surface area contributed by atoms with Gasteiger partial charge in [0, 0.05) is 17.5 Å². The number of benzene rings is 1. The molecule has 0 spiro atoms. The molecule has 1 amide bonds. The molecule has 1 aromatic carbocycles. The first kappa shape index (κ1) is 13.1. The number of thiol groups is 1. The van der Waals surface area contributed by atoms with E-state index in [0.717, 1.165) is 4.90 Å². The van der Waals surface area contributed by atoms with Gasteiger partial charge in [-0.25, -0.2) is 0 Å². The van der Waals surface area contributed by atoms with Crippen LogP contribution in [0.4, 0.5) is 0 Å². The zero-order chi connectivity index (χ0) is 12.3. The number of amides is 1. The second-order valence-corrected chi connectivity index (χ2v) is 4.90. The maximum Gasteiger partial charge on any atom is 0.254 e. The average Bonchev–Trinajstić information content (AvgIpc) is 2.27. The molecule has 1 aromatic rings. The van der Waals surface area contributed by atoms with Crippen LogP contribution in [0.15, 0.2) is 29.2 Å². The molecule has 0 radical (unpaired) electrons. The van der Waals surface area contributed by atoms with Crippen LogP contribution in [-0.2, 0) is 0 Å². The van der Waals surface area contributed by atoms with E-state index in [1.165, 1.54) is 4.90 Å². The minimum atomic E-state index is -0.566. The molecule has 0 fully saturated rings. The maximum absolute atomic E-state index is 12.1. The summed E-state index contributed by atoms with van der Waals surface area (Å²) >= 11 is 4.19. The summed E-state index contributed by atoms with van der Waals surface area (Å²) in [5.41, 5.74) is 0.0143. The topological polar surface area (TPSA) is 40.5 Å². The standard InChI is InChI=1S/C12H17NO2S/c1-12(2,8-14)13(3)11(15)9-5-4-6-10(16)7-9/h4-7,14,16H,8H2,1-3H3. The molecule has 0 saturated heterocycles. The Hall–Kier alpha value is -1.00. The maximum atomic E-state index is 12.1. The van der Waals surface area contributed by atoms with Crippen molar-refractivity contribution in [2.24, 2.45) is 0 Å². The summed E-state index contributed by atoms with van der Waals surface area (Å²) in [5, 5.41) is 9.21. The van der Waals surface area contributed by atoms with Gasteiger partial charge in [-0.05, 0) is 32.0 Å². The summed E-state index contributed by atoms with van der Waals surface area (Å²) in [5.74, 6) is -0.116. The zero-order valence-electron chi connectivity index (χ0n) is 9.77. The molecule has 0 aliphatic heterocycles. The number of likely N-dealkylation sites (N-methyl/N-ethyl adjacent to an activating group) is 1. The number of hydrogen-bond acceptors (Lipinski definition) is 3. The molecule has 0 aliphatic carbocycles. The highest BCUT2D eigenvalue weighted by Gasteiger charge is 2.27. The van der Waals surface area contributed by atoms with E-state index in [9.17, 15) is 9.90 Å². The number of aliphatic hydroxyl groups is 1. The van der Waals surface area contributed by atoms with E-state index in [0.29, 0.717) is 5.56 Å². The number of hydrogen-bond donors (Lipinski definition) is 2. The zero-order valence-corrected chi connectivity index (χ0v) is 10.7.